The molecule has 2 aliphatic rings. The summed E-state index contributed by atoms with van der Waals surface area (Å²) >= 11 is 0. The third-order valence-electron chi connectivity index (χ3n) is 7.91. The Balaban J connectivity index is 1.36. The van der Waals surface area contributed by atoms with E-state index in [-0.39, 0.29) is 17.3 Å². The van der Waals surface area contributed by atoms with Gasteiger partial charge in [-0.1, -0.05) is 57.7 Å². The maximum Gasteiger partial charge on any atom is 0.343 e. The van der Waals surface area contributed by atoms with Crippen LogP contribution in [0.4, 0.5) is 4.39 Å². The lowest BCUT2D eigenvalue weighted by atomic mass is 9.63. The van der Waals surface area contributed by atoms with Gasteiger partial charge in [0.25, 0.3) is 0 Å². The Morgan fingerprint density at radius 2 is 1.72 bits per heavy atom. The Labute approximate surface area is 192 Å². The molecule has 0 heterocycles. The molecular weight excluding hydrogens is 399 g/mol. The highest BCUT2D eigenvalue weighted by Gasteiger charge is 2.36. The third-order valence-corrected chi connectivity index (χ3v) is 7.91. The zero-order chi connectivity index (χ0) is 22.5. The van der Waals surface area contributed by atoms with Crippen molar-refractivity contribution in [1.82, 2.24) is 0 Å². The Morgan fingerprint density at radius 1 is 0.969 bits per heavy atom. The van der Waals surface area contributed by atoms with Gasteiger partial charge in [0.15, 0.2) is 0 Å². The van der Waals surface area contributed by atoms with Crippen molar-refractivity contribution in [1.29, 1.82) is 0 Å². The zero-order valence-corrected chi connectivity index (χ0v) is 19.6. The van der Waals surface area contributed by atoms with Crippen molar-refractivity contribution >= 4 is 5.97 Å². The van der Waals surface area contributed by atoms with Crippen LogP contribution in [0.1, 0.15) is 99.0 Å². The number of carbonyl (C=O) groups is 1. The third kappa shape index (κ3) is 5.42. The van der Waals surface area contributed by atoms with Crippen LogP contribution >= 0.6 is 0 Å². The lowest BCUT2D eigenvalue weighted by Crippen LogP contribution is -2.30. The van der Waals surface area contributed by atoms with E-state index in [0.29, 0.717) is 5.75 Å². The molecular formula is C29H37FO2. The smallest absolute Gasteiger partial charge is 0.343 e. The van der Waals surface area contributed by atoms with Gasteiger partial charge >= 0.3 is 5.97 Å². The Kier molecular flexibility index (Phi) is 7.65. The molecule has 172 valence electrons. The van der Waals surface area contributed by atoms with E-state index in [1.807, 2.05) is 18.2 Å². The van der Waals surface area contributed by atoms with E-state index >= 15 is 4.39 Å². The van der Waals surface area contributed by atoms with Gasteiger partial charge in [-0.25, -0.2) is 9.18 Å². The number of carbonyl (C=O) groups excluding carboxylic acids is 1. The van der Waals surface area contributed by atoms with E-state index in [9.17, 15) is 4.79 Å². The van der Waals surface area contributed by atoms with Crippen molar-refractivity contribution in [2.24, 2.45) is 17.8 Å². The predicted molar refractivity (Wildman–Crippen MR) is 128 cm³/mol. The average Bonchev–Trinajstić information content (AvgIpc) is 2.82. The average molecular weight is 437 g/mol. The second kappa shape index (κ2) is 10.6. The summed E-state index contributed by atoms with van der Waals surface area (Å²) in [5, 5.41) is 0. The normalized spacial score (nSPS) is 25.2. The molecule has 0 spiro atoms. The number of fused-ring (bicyclic) bond motifs is 1. The summed E-state index contributed by atoms with van der Waals surface area (Å²) in [5.41, 5.74) is 2.24. The van der Waals surface area contributed by atoms with Crippen LogP contribution in [-0.4, -0.2) is 5.97 Å². The first-order valence-corrected chi connectivity index (χ1v) is 12.7. The van der Waals surface area contributed by atoms with Crippen LogP contribution in [0.2, 0.25) is 0 Å². The monoisotopic (exact) mass is 436 g/mol. The number of rotatable bonds is 7. The molecule has 1 unspecified atom stereocenters. The quantitative estimate of drug-likeness (QED) is 0.324. The van der Waals surface area contributed by atoms with Crippen molar-refractivity contribution in [3.8, 4) is 5.75 Å². The first-order chi connectivity index (χ1) is 15.6. The SMILES string of the molecule is CCCC[C@H]1CC[C@@H]2CC(c3ccc(C(=O)Oc4ccc(CC)cc4)cc3F)CC[C@H]2C1. The molecule has 0 radical (unpaired) electrons. The van der Waals surface area contributed by atoms with Gasteiger partial charge in [-0.15, -0.1) is 0 Å². The number of esters is 1. The van der Waals surface area contributed by atoms with Gasteiger partial charge < -0.3 is 4.74 Å². The fourth-order valence-corrected chi connectivity index (χ4v) is 5.97. The first-order valence-electron chi connectivity index (χ1n) is 12.7. The van der Waals surface area contributed by atoms with Gasteiger partial charge in [0.1, 0.15) is 11.6 Å². The Bertz CT molecular complexity index is 904. The molecule has 0 N–H and O–H groups in total. The molecule has 2 aliphatic carbocycles. The first kappa shape index (κ1) is 23.0. The van der Waals surface area contributed by atoms with Crippen LogP contribution in [0.15, 0.2) is 42.5 Å². The molecule has 2 nitrogen and oxygen atoms in total. The van der Waals surface area contributed by atoms with Crippen LogP contribution < -0.4 is 4.74 Å². The Morgan fingerprint density at radius 3 is 2.44 bits per heavy atom. The van der Waals surface area contributed by atoms with Crippen molar-refractivity contribution in [3.05, 3.63) is 65.0 Å². The highest BCUT2D eigenvalue weighted by atomic mass is 19.1. The van der Waals surface area contributed by atoms with Crippen molar-refractivity contribution in [2.45, 2.75) is 84.0 Å². The fraction of sp³-hybridized carbons (Fsp3) is 0.552. The van der Waals surface area contributed by atoms with E-state index in [1.165, 1.54) is 56.6 Å². The van der Waals surface area contributed by atoms with Crippen LogP contribution in [0, 0.1) is 23.6 Å². The second-order valence-corrected chi connectivity index (χ2v) is 9.97. The van der Waals surface area contributed by atoms with Crippen LogP contribution in [-0.2, 0) is 6.42 Å². The van der Waals surface area contributed by atoms with Crippen LogP contribution in [0.25, 0.3) is 0 Å². The summed E-state index contributed by atoms with van der Waals surface area (Å²) in [4.78, 5) is 12.5. The van der Waals surface area contributed by atoms with Gasteiger partial charge in [-0.3, -0.25) is 0 Å². The summed E-state index contributed by atoms with van der Waals surface area (Å²) in [5.74, 6) is 2.47. The molecule has 0 aliphatic heterocycles. The van der Waals surface area contributed by atoms with E-state index in [1.54, 1.807) is 18.2 Å². The highest BCUT2D eigenvalue weighted by molar-refractivity contribution is 5.91. The number of benzene rings is 2. The molecule has 2 aromatic rings. The molecule has 32 heavy (non-hydrogen) atoms. The van der Waals surface area contributed by atoms with Crippen LogP contribution in [0.5, 0.6) is 5.75 Å². The topological polar surface area (TPSA) is 26.3 Å². The summed E-state index contributed by atoms with van der Waals surface area (Å²) in [6, 6.07) is 12.4. The Hall–Kier alpha value is -2.16. The maximum absolute atomic E-state index is 15.1. The van der Waals surface area contributed by atoms with Gasteiger partial charge in [0.2, 0.25) is 0 Å². The largest absolute Gasteiger partial charge is 0.423 e. The molecule has 0 bridgehead atoms. The zero-order valence-electron chi connectivity index (χ0n) is 19.6. The molecule has 4 rings (SSSR count). The molecule has 0 amide bonds. The van der Waals surface area contributed by atoms with Gasteiger partial charge in [0, 0.05) is 0 Å². The minimum atomic E-state index is -0.506. The standard InChI is InChI=1S/C29H37FO2/c1-3-5-6-21-7-10-23-18-24(12-11-22(23)17-21)27-16-13-25(19-28(27)30)29(31)32-26-14-8-20(4-2)9-15-26/h8-9,13-16,19,21-24H,3-7,10-12,17-18H2,1-2H3/t21-,22-,23+,24?/m0/s1. The van der Waals surface area contributed by atoms with Crippen molar-refractivity contribution < 1.29 is 13.9 Å². The molecule has 2 saturated carbocycles. The highest BCUT2D eigenvalue weighted by Crippen LogP contribution is 2.48. The van der Waals surface area contributed by atoms with Gasteiger partial charge in [0.05, 0.1) is 5.56 Å². The van der Waals surface area contributed by atoms with E-state index < -0.39 is 5.97 Å². The molecule has 3 heteroatoms. The van der Waals surface area contributed by atoms with E-state index in [0.717, 1.165) is 42.6 Å². The van der Waals surface area contributed by atoms with Gasteiger partial charge in [-0.2, -0.15) is 0 Å². The summed E-state index contributed by atoms with van der Waals surface area (Å²) < 4.78 is 20.5. The lowest BCUT2D eigenvalue weighted by molar-refractivity contribution is 0.0734. The van der Waals surface area contributed by atoms with Crippen molar-refractivity contribution in [3.63, 3.8) is 0 Å². The number of ether oxygens (including phenoxy) is 1. The van der Waals surface area contributed by atoms with E-state index in [4.69, 9.17) is 4.74 Å². The number of unbranched alkanes of at least 4 members (excludes halogenated alkanes) is 1. The van der Waals surface area contributed by atoms with Crippen LogP contribution in [0.3, 0.4) is 0 Å². The molecule has 0 aromatic heterocycles. The molecule has 2 aromatic carbocycles. The summed E-state index contributed by atoms with van der Waals surface area (Å²) in [6.45, 7) is 4.36. The fourth-order valence-electron chi connectivity index (χ4n) is 5.97. The van der Waals surface area contributed by atoms with Gasteiger partial charge in [-0.05, 0) is 97.6 Å². The number of hydrogen-bond donors (Lipinski definition) is 0. The number of halogens is 1. The lowest BCUT2D eigenvalue weighted by Gasteiger charge is -2.42. The summed E-state index contributed by atoms with van der Waals surface area (Å²) in [6.07, 6.45) is 12.4. The number of aryl methyl sites for hydroxylation is 1. The minimum Gasteiger partial charge on any atom is -0.423 e. The molecule has 0 saturated heterocycles. The minimum absolute atomic E-state index is 0.263. The number of hydrogen-bond acceptors (Lipinski definition) is 2. The molecule has 2 fully saturated rings. The second-order valence-electron chi connectivity index (χ2n) is 9.97. The predicted octanol–water partition coefficient (Wildman–Crippen LogP) is 8.10. The van der Waals surface area contributed by atoms with Crippen molar-refractivity contribution in [2.75, 3.05) is 0 Å². The molecule has 4 atom stereocenters. The van der Waals surface area contributed by atoms with E-state index in [2.05, 4.69) is 13.8 Å². The summed E-state index contributed by atoms with van der Waals surface area (Å²) in [7, 11) is 0. The maximum atomic E-state index is 15.1.